The summed E-state index contributed by atoms with van der Waals surface area (Å²) in [5.41, 5.74) is 1.41. The van der Waals surface area contributed by atoms with Gasteiger partial charge in [-0.3, -0.25) is 4.79 Å². The number of amides is 1. The smallest absolute Gasteiger partial charge is 0.232 e. The lowest BCUT2D eigenvalue weighted by atomic mass is 10.1. The second-order valence-corrected chi connectivity index (χ2v) is 3.94. The standard InChI is InChI=1S/C9H15NOS/c1-8-3-5-10(6-4-8)9(11)7-12-2/h3H,4-7H2,1-2H3. The van der Waals surface area contributed by atoms with Crippen LogP contribution < -0.4 is 0 Å². The van der Waals surface area contributed by atoms with Crippen LogP contribution in [0.1, 0.15) is 13.3 Å². The van der Waals surface area contributed by atoms with Gasteiger partial charge in [0, 0.05) is 13.1 Å². The first kappa shape index (κ1) is 9.65. The van der Waals surface area contributed by atoms with E-state index in [9.17, 15) is 4.79 Å². The van der Waals surface area contributed by atoms with E-state index >= 15 is 0 Å². The fourth-order valence-electron chi connectivity index (χ4n) is 1.21. The molecule has 0 fully saturated rings. The van der Waals surface area contributed by atoms with Crippen LogP contribution in [0.25, 0.3) is 0 Å². The third-order valence-corrected chi connectivity index (χ3v) is 2.59. The van der Waals surface area contributed by atoms with Crippen molar-refractivity contribution in [3.8, 4) is 0 Å². The topological polar surface area (TPSA) is 20.3 Å². The Morgan fingerprint density at radius 1 is 1.75 bits per heavy atom. The number of hydrogen-bond acceptors (Lipinski definition) is 2. The molecule has 1 aliphatic rings. The number of carbonyl (C=O) groups excluding carboxylic acids is 1. The molecule has 0 spiro atoms. The van der Waals surface area contributed by atoms with Gasteiger partial charge in [0.2, 0.25) is 5.91 Å². The monoisotopic (exact) mass is 185 g/mol. The quantitative estimate of drug-likeness (QED) is 0.608. The maximum Gasteiger partial charge on any atom is 0.232 e. The van der Waals surface area contributed by atoms with Crippen molar-refractivity contribution < 1.29 is 4.79 Å². The fourth-order valence-corrected chi connectivity index (χ4v) is 1.64. The average molecular weight is 185 g/mol. The van der Waals surface area contributed by atoms with Crippen LogP contribution in [0.4, 0.5) is 0 Å². The Morgan fingerprint density at radius 3 is 3.00 bits per heavy atom. The molecule has 0 aromatic carbocycles. The van der Waals surface area contributed by atoms with E-state index in [2.05, 4.69) is 13.0 Å². The SMILES string of the molecule is CSCC(=O)N1CC=C(C)CC1. The summed E-state index contributed by atoms with van der Waals surface area (Å²) in [6.45, 7) is 3.84. The van der Waals surface area contributed by atoms with Crippen LogP contribution in [0.5, 0.6) is 0 Å². The molecule has 0 atom stereocenters. The second kappa shape index (κ2) is 4.55. The van der Waals surface area contributed by atoms with Crippen molar-refractivity contribution in [3.63, 3.8) is 0 Å². The normalized spacial score (nSPS) is 17.5. The molecular weight excluding hydrogens is 170 g/mol. The number of thioether (sulfide) groups is 1. The summed E-state index contributed by atoms with van der Waals surface area (Å²) in [6, 6.07) is 0. The van der Waals surface area contributed by atoms with Crippen LogP contribution in [0, 0.1) is 0 Å². The van der Waals surface area contributed by atoms with Gasteiger partial charge >= 0.3 is 0 Å². The van der Waals surface area contributed by atoms with Gasteiger partial charge in [-0.15, -0.1) is 0 Å². The maximum absolute atomic E-state index is 11.4. The Morgan fingerprint density at radius 2 is 2.50 bits per heavy atom. The van der Waals surface area contributed by atoms with Crippen LogP contribution in [0.3, 0.4) is 0 Å². The Hall–Kier alpha value is -0.440. The summed E-state index contributed by atoms with van der Waals surface area (Å²) in [6.07, 6.45) is 5.14. The Labute approximate surface area is 78.0 Å². The van der Waals surface area contributed by atoms with Crippen LogP contribution >= 0.6 is 11.8 Å². The lowest BCUT2D eigenvalue weighted by Crippen LogP contribution is -2.35. The highest BCUT2D eigenvalue weighted by Gasteiger charge is 2.14. The predicted octanol–water partition coefficient (Wildman–Crippen LogP) is 1.53. The predicted molar refractivity (Wildman–Crippen MR) is 53.3 cm³/mol. The Bertz CT molecular complexity index is 201. The van der Waals surface area contributed by atoms with E-state index in [-0.39, 0.29) is 5.91 Å². The highest BCUT2D eigenvalue weighted by molar-refractivity contribution is 7.99. The number of hydrogen-bond donors (Lipinski definition) is 0. The van der Waals surface area contributed by atoms with Gasteiger partial charge < -0.3 is 4.90 Å². The molecule has 1 heterocycles. The highest BCUT2D eigenvalue weighted by atomic mass is 32.2. The van der Waals surface area contributed by atoms with Gasteiger partial charge in [0.1, 0.15) is 0 Å². The van der Waals surface area contributed by atoms with E-state index in [1.807, 2.05) is 11.2 Å². The summed E-state index contributed by atoms with van der Waals surface area (Å²) in [4.78, 5) is 13.3. The third kappa shape index (κ3) is 2.55. The summed E-state index contributed by atoms with van der Waals surface area (Å²) in [5.74, 6) is 0.888. The van der Waals surface area contributed by atoms with E-state index < -0.39 is 0 Å². The first-order valence-corrected chi connectivity index (χ1v) is 5.55. The summed E-state index contributed by atoms with van der Waals surface area (Å²) in [5, 5.41) is 0. The molecule has 0 bridgehead atoms. The van der Waals surface area contributed by atoms with Crippen molar-refractivity contribution >= 4 is 17.7 Å². The van der Waals surface area contributed by atoms with Crippen molar-refractivity contribution in [2.45, 2.75) is 13.3 Å². The minimum Gasteiger partial charge on any atom is -0.338 e. The molecule has 0 saturated heterocycles. The first-order chi connectivity index (χ1) is 5.74. The highest BCUT2D eigenvalue weighted by Crippen LogP contribution is 2.10. The summed E-state index contributed by atoms with van der Waals surface area (Å²) in [7, 11) is 0. The van der Waals surface area contributed by atoms with E-state index in [1.54, 1.807) is 11.8 Å². The molecule has 3 heteroatoms. The molecule has 0 radical (unpaired) electrons. The van der Waals surface area contributed by atoms with Crippen LogP contribution in [-0.4, -0.2) is 35.9 Å². The fraction of sp³-hybridized carbons (Fsp3) is 0.667. The number of carbonyl (C=O) groups is 1. The lowest BCUT2D eigenvalue weighted by Gasteiger charge is -2.25. The van der Waals surface area contributed by atoms with E-state index in [0.29, 0.717) is 5.75 Å². The molecule has 0 aliphatic carbocycles. The molecule has 12 heavy (non-hydrogen) atoms. The second-order valence-electron chi connectivity index (χ2n) is 3.07. The molecule has 68 valence electrons. The van der Waals surface area contributed by atoms with E-state index in [4.69, 9.17) is 0 Å². The van der Waals surface area contributed by atoms with E-state index in [1.165, 1.54) is 5.57 Å². The third-order valence-electron chi connectivity index (χ3n) is 2.06. The van der Waals surface area contributed by atoms with Gasteiger partial charge in [0.05, 0.1) is 5.75 Å². The van der Waals surface area contributed by atoms with Crippen molar-refractivity contribution in [1.29, 1.82) is 0 Å². The zero-order valence-corrected chi connectivity index (χ0v) is 8.49. The minimum atomic E-state index is 0.270. The van der Waals surface area contributed by atoms with Crippen molar-refractivity contribution in [1.82, 2.24) is 4.90 Å². The van der Waals surface area contributed by atoms with Gasteiger partial charge in [-0.05, 0) is 19.6 Å². The summed E-state index contributed by atoms with van der Waals surface area (Å²) >= 11 is 1.59. The molecule has 0 unspecified atom stereocenters. The van der Waals surface area contributed by atoms with Crippen LogP contribution in [0.2, 0.25) is 0 Å². The van der Waals surface area contributed by atoms with Gasteiger partial charge in [-0.2, -0.15) is 11.8 Å². The Balaban J connectivity index is 2.40. The average Bonchev–Trinajstić information content (AvgIpc) is 2.06. The van der Waals surface area contributed by atoms with Crippen molar-refractivity contribution in [3.05, 3.63) is 11.6 Å². The Kier molecular flexibility index (Phi) is 3.66. The van der Waals surface area contributed by atoms with Gasteiger partial charge in [-0.1, -0.05) is 11.6 Å². The molecule has 0 aromatic rings. The van der Waals surface area contributed by atoms with Gasteiger partial charge in [-0.25, -0.2) is 0 Å². The number of rotatable bonds is 2. The molecule has 1 aliphatic heterocycles. The molecule has 0 N–H and O–H groups in total. The molecule has 0 aromatic heterocycles. The van der Waals surface area contributed by atoms with Gasteiger partial charge in [0.25, 0.3) is 0 Å². The zero-order chi connectivity index (χ0) is 8.97. The molecule has 2 nitrogen and oxygen atoms in total. The van der Waals surface area contributed by atoms with E-state index in [0.717, 1.165) is 19.5 Å². The zero-order valence-electron chi connectivity index (χ0n) is 7.67. The maximum atomic E-state index is 11.4. The molecule has 1 rings (SSSR count). The van der Waals surface area contributed by atoms with Crippen molar-refractivity contribution in [2.24, 2.45) is 0 Å². The molecular formula is C9H15NOS. The summed E-state index contributed by atoms with van der Waals surface area (Å²) < 4.78 is 0. The number of nitrogens with zero attached hydrogens (tertiary/aromatic N) is 1. The molecule has 1 amide bonds. The largest absolute Gasteiger partial charge is 0.338 e. The van der Waals surface area contributed by atoms with Crippen molar-refractivity contribution in [2.75, 3.05) is 25.1 Å². The first-order valence-electron chi connectivity index (χ1n) is 4.16. The van der Waals surface area contributed by atoms with Gasteiger partial charge in [0.15, 0.2) is 0 Å². The molecule has 0 saturated carbocycles. The van der Waals surface area contributed by atoms with Crippen LogP contribution in [0.15, 0.2) is 11.6 Å². The van der Waals surface area contributed by atoms with Crippen LogP contribution in [-0.2, 0) is 4.79 Å². The minimum absolute atomic E-state index is 0.270. The lowest BCUT2D eigenvalue weighted by molar-refractivity contribution is -0.128.